The van der Waals surface area contributed by atoms with E-state index in [1.54, 1.807) is 29.2 Å². The molecule has 4 N–H and O–H groups in total. The van der Waals surface area contributed by atoms with Crippen LogP contribution in [0.3, 0.4) is 0 Å². The van der Waals surface area contributed by atoms with Crippen LogP contribution in [-0.4, -0.2) is 60.5 Å². The number of hydrogen-bond donors (Lipinski definition) is 3. The normalized spacial score (nSPS) is 19.2. The Labute approximate surface area is 180 Å². The minimum Gasteiger partial charge on any atom is -0.508 e. The standard InChI is InChI=1S/C22H27N5O4/c1-22(2,3)31-21(30)27-9-14(8-15(27)11-28)26-10-17(13-4-6-16(29)7-5-13)18-19(23)24-12-25-20(18)26/h4-7,10,12,14-15,28-29H,8-9,11H2,1-3H3,(H2,23,24,25)/t14-,15+/m1/s1. The number of aromatic hydroxyl groups is 1. The molecule has 1 aromatic carbocycles. The van der Waals surface area contributed by atoms with Crippen molar-refractivity contribution in [2.24, 2.45) is 0 Å². The highest BCUT2D eigenvalue weighted by molar-refractivity contribution is 6.00. The van der Waals surface area contributed by atoms with Crippen molar-refractivity contribution in [2.75, 3.05) is 18.9 Å². The van der Waals surface area contributed by atoms with Gasteiger partial charge >= 0.3 is 6.09 Å². The van der Waals surface area contributed by atoms with Gasteiger partial charge in [-0.05, 0) is 44.9 Å². The zero-order valence-corrected chi connectivity index (χ0v) is 17.8. The summed E-state index contributed by atoms with van der Waals surface area (Å²) in [5, 5.41) is 20.2. The Balaban J connectivity index is 1.74. The van der Waals surface area contributed by atoms with Crippen molar-refractivity contribution >= 4 is 22.9 Å². The molecule has 0 bridgehead atoms. The van der Waals surface area contributed by atoms with E-state index in [1.807, 2.05) is 31.5 Å². The summed E-state index contributed by atoms with van der Waals surface area (Å²) in [6.07, 6.45) is 3.47. The summed E-state index contributed by atoms with van der Waals surface area (Å²) < 4.78 is 7.52. The minimum atomic E-state index is -0.622. The fraction of sp³-hybridized carbons (Fsp3) is 0.409. The van der Waals surface area contributed by atoms with E-state index >= 15 is 0 Å². The third kappa shape index (κ3) is 4.00. The van der Waals surface area contributed by atoms with Crippen LogP contribution >= 0.6 is 0 Å². The summed E-state index contributed by atoms with van der Waals surface area (Å²) in [4.78, 5) is 22.9. The molecule has 2 atom stereocenters. The number of nitrogen functional groups attached to an aromatic ring is 1. The van der Waals surface area contributed by atoms with Gasteiger partial charge in [-0.25, -0.2) is 14.8 Å². The van der Waals surface area contributed by atoms with E-state index in [1.165, 1.54) is 6.33 Å². The number of carbonyl (C=O) groups is 1. The predicted molar refractivity (Wildman–Crippen MR) is 117 cm³/mol. The van der Waals surface area contributed by atoms with Crippen molar-refractivity contribution < 1.29 is 19.7 Å². The number of phenols is 1. The maximum atomic E-state index is 12.7. The summed E-state index contributed by atoms with van der Waals surface area (Å²) in [6, 6.07) is 6.36. The maximum Gasteiger partial charge on any atom is 0.410 e. The molecule has 1 aliphatic heterocycles. The zero-order chi connectivity index (χ0) is 22.3. The summed E-state index contributed by atoms with van der Waals surface area (Å²) in [5.74, 6) is 0.527. The molecule has 1 amide bonds. The molecule has 31 heavy (non-hydrogen) atoms. The summed E-state index contributed by atoms with van der Waals surface area (Å²) >= 11 is 0. The van der Waals surface area contributed by atoms with E-state index in [9.17, 15) is 15.0 Å². The van der Waals surface area contributed by atoms with Crippen LogP contribution in [0.25, 0.3) is 22.2 Å². The van der Waals surface area contributed by atoms with Crippen molar-refractivity contribution in [3.05, 3.63) is 36.8 Å². The minimum absolute atomic E-state index is 0.118. The van der Waals surface area contributed by atoms with Crippen molar-refractivity contribution in [3.8, 4) is 16.9 Å². The van der Waals surface area contributed by atoms with Crippen molar-refractivity contribution in [1.82, 2.24) is 19.4 Å². The van der Waals surface area contributed by atoms with Gasteiger partial charge in [-0.2, -0.15) is 0 Å². The predicted octanol–water partition coefficient (Wildman–Crippen LogP) is 2.93. The first-order chi connectivity index (χ1) is 14.7. The molecule has 1 saturated heterocycles. The first-order valence-corrected chi connectivity index (χ1v) is 10.2. The lowest BCUT2D eigenvalue weighted by Gasteiger charge is -2.27. The van der Waals surface area contributed by atoms with Gasteiger partial charge in [-0.1, -0.05) is 12.1 Å². The van der Waals surface area contributed by atoms with Gasteiger partial charge in [0.05, 0.1) is 24.1 Å². The highest BCUT2D eigenvalue weighted by Gasteiger charge is 2.38. The monoisotopic (exact) mass is 425 g/mol. The molecular formula is C22H27N5O4. The number of hydrogen-bond acceptors (Lipinski definition) is 7. The molecule has 4 rings (SSSR count). The number of nitrogens with two attached hydrogens (primary N) is 1. The Kier molecular flexibility index (Phi) is 5.22. The number of aromatic nitrogens is 3. The highest BCUT2D eigenvalue weighted by atomic mass is 16.6. The molecule has 9 heteroatoms. The quantitative estimate of drug-likeness (QED) is 0.589. The van der Waals surface area contributed by atoms with Crippen LogP contribution in [0.15, 0.2) is 36.8 Å². The molecule has 3 heterocycles. The van der Waals surface area contributed by atoms with Crippen LogP contribution in [0.2, 0.25) is 0 Å². The first kappa shape index (κ1) is 20.9. The van der Waals surface area contributed by atoms with E-state index in [0.29, 0.717) is 29.8 Å². The van der Waals surface area contributed by atoms with Gasteiger partial charge in [-0.15, -0.1) is 0 Å². The molecule has 0 aliphatic carbocycles. The van der Waals surface area contributed by atoms with Gasteiger partial charge in [0.25, 0.3) is 0 Å². The fourth-order valence-corrected chi connectivity index (χ4v) is 4.06. The largest absolute Gasteiger partial charge is 0.508 e. The number of carbonyl (C=O) groups excluding carboxylic acids is 1. The number of amides is 1. The van der Waals surface area contributed by atoms with E-state index in [-0.39, 0.29) is 24.4 Å². The fourth-order valence-electron chi connectivity index (χ4n) is 4.06. The second kappa shape index (κ2) is 7.73. The number of benzene rings is 1. The van der Waals surface area contributed by atoms with E-state index < -0.39 is 11.7 Å². The molecule has 1 aliphatic rings. The van der Waals surface area contributed by atoms with Crippen LogP contribution in [0.5, 0.6) is 5.75 Å². The molecule has 0 unspecified atom stereocenters. The molecule has 0 radical (unpaired) electrons. The summed E-state index contributed by atoms with van der Waals surface area (Å²) in [6.45, 7) is 5.67. The van der Waals surface area contributed by atoms with Crippen LogP contribution in [0.4, 0.5) is 10.6 Å². The average Bonchev–Trinajstić information content (AvgIpc) is 3.30. The van der Waals surface area contributed by atoms with Crippen molar-refractivity contribution in [1.29, 1.82) is 0 Å². The van der Waals surface area contributed by atoms with Gasteiger partial charge in [0, 0.05) is 18.3 Å². The van der Waals surface area contributed by atoms with Gasteiger partial charge in [-0.3, -0.25) is 0 Å². The molecule has 0 saturated carbocycles. The Hall–Kier alpha value is -3.33. The number of aliphatic hydroxyl groups excluding tert-OH is 1. The number of phenolic OH excluding ortho intramolecular Hbond substituents is 1. The van der Waals surface area contributed by atoms with Crippen molar-refractivity contribution in [3.63, 3.8) is 0 Å². The van der Waals surface area contributed by atoms with Gasteiger partial charge < -0.3 is 30.2 Å². The first-order valence-electron chi connectivity index (χ1n) is 10.2. The third-order valence-corrected chi connectivity index (χ3v) is 5.44. The number of rotatable bonds is 3. The van der Waals surface area contributed by atoms with Crippen LogP contribution in [0.1, 0.15) is 33.2 Å². The third-order valence-electron chi connectivity index (χ3n) is 5.44. The van der Waals surface area contributed by atoms with E-state index in [2.05, 4.69) is 9.97 Å². The summed E-state index contributed by atoms with van der Waals surface area (Å²) in [7, 11) is 0. The van der Waals surface area contributed by atoms with Crippen LogP contribution in [0, 0.1) is 0 Å². The van der Waals surface area contributed by atoms with Crippen LogP contribution < -0.4 is 5.73 Å². The average molecular weight is 425 g/mol. The molecule has 1 fully saturated rings. The Bertz CT molecular complexity index is 1100. The molecular weight excluding hydrogens is 398 g/mol. The lowest BCUT2D eigenvalue weighted by atomic mass is 10.1. The number of fused-ring (bicyclic) bond motifs is 1. The van der Waals surface area contributed by atoms with Gasteiger partial charge in [0.1, 0.15) is 29.1 Å². The van der Waals surface area contributed by atoms with E-state index in [0.717, 1.165) is 11.1 Å². The van der Waals surface area contributed by atoms with Gasteiger partial charge in [0.2, 0.25) is 0 Å². The number of nitrogens with zero attached hydrogens (tertiary/aromatic N) is 4. The second-order valence-electron chi connectivity index (χ2n) is 8.81. The van der Waals surface area contributed by atoms with Crippen molar-refractivity contribution in [2.45, 2.75) is 44.9 Å². The SMILES string of the molecule is CC(C)(C)OC(=O)N1C[C@H](n2cc(-c3ccc(O)cc3)c3c(N)ncnc32)C[C@H]1CO. The molecule has 9 nitrogen and oxygen atoms in total. The van der Waals surface area contributed by atoms with E-state index in [4.69, 9.17) is 10.5 Å². The highest BCUT2D eigenvalue weighted by Crippen LogP contribution is 2.38. The number of ether oxygens (including phenoxy) is 1. The lowest BCUT2D eigenvalue weighted by molar-refractivity contribution is 0.0173. The molecule has 3 aromatic rings. The Morgan fingerprint density at radius 1 is 1.26 bits per heavy atom. The summed E-state index contributed by atoms with van der Waals surface area (Å²) in [5.41, 5.74) is 7.93. The Morgan fingerprint density at radius 3 is 2.61 bits per heavy atom. The molecule has 164 valence electrons. The molecule has 0 spiro atoms. The molecule has 2 aromatic heterocycles. The van der Waals surface area contributed by atoms with Gasteiger partial charge in [0.15, 0.2) is 0 Å². The maximum absolute atomic E-state index is 12.7. The number of anilines is 1. The topological polar surface area (TPSA) is 127 Å². The second-order valence-corrected chi connectivity index (χ2v) is 8.81. The number of likely N-dealkylation sites (tertiary alicyclic amines) is 1. The number of aliphatic hydroxyl groups is 1. The zero-order valence-electron chi connectivity index (χ0n) is 17.8. The smallest absolute Gasteiger partial charge is 0.410 e. The lowest BCUT2D eigenvalue weighted by Crippen LogP contribution is -2.41. The Morgan fingerprint density at radius 2 is 1.97 bits per heavy atom. The van der Waals surface area contributed by atoms with Crippen LogP contribution in [-0.2, 0) is 4.74 Å².